The van der Waals surface area contributed by atoms with E-state index in [0.717, 1.165) is 22.6 Å². The van der Waals surface area contributed by atoms with Crippen molar-refractivity contribution in [3.63, 3.8) is 0 Å². The topological polar surface area (TPSA) is 3.24 Å². The van der Waals surface area contributed by atoms with Gasteiger partial charge in [-0.25, -0.2) is 0 Å². The molecule has 0 saturated carbocycles. The summed E-state index contributed by atoms with van der Waals surface area (Å²) in [5, 5.41) is 0.826. The molecule has 0 N–H and O–H groups in total. The number of rotatable bonds is 3. The molecule has 1 aliphatic rings. The molecule has 4 heteroatoms. The molecule has 0 aromatic heterocycles. The molecule has 1 aromatic rings. The Morgan fingerprint density at radius 3 is 2.88 bits per heavy atom. The highest BCUT2D eigenvalue weighted by molar-refractivity contribution is 9.10. The van der Waals surface area contributed by atoms with E-state index in [0.29, 0.717) is 17.8 Å². The summed E-state index contributed by atoms with van der Waals surface area (Å²) in [5.41, 5.74) is 1.18. The SMILES string of the molecule is CC1CCN(Cc2ccc(Br)cc2Cl)C1CCl. The van der Waals surface area contributed by atoms with E-state index in [-0.39, 0.29) is 0 Å². The van der Waals surface area contributed by atoms with Crippen LogP contribution in [-0.4, -0.2) is 23.4 Å². The van der Waals surface area contributed by atoms with Crippen LogP contribution in [0.3, 0.4) is 0 Å². The molecule has 1 fully saturated rings. The maximum absolute atomic E-state index is 6.25. The maximum Gasteiger partial charge on any atom is 0.0462 e. The van der Waals surface area contributed by atoms with Crippen molar-refractivity contribution >= 4 is 39.1 Å². The predicted molar refractivity (Wildman–Crippen MR) is 77.9 cm³/mol. The Hall–Kier alpha value is 0.240. The second-order valence-corrected chi connectivity index (χ2v) is 6.33. The second kappa shape index (κ2) is 5.92. The Kier molecular flexibility index (Phi) is 4.76. The highest BCUT2D eigenvalue weighted by Crippen LogP contribution is 2.29. The summed E-state index contributed by atoms with van der Waals surface area (Å²) < 4.78 is 1.02. The van der Waals surface area contributed by atoms with Gasteiger partial charge < -0.3 is 0 Å². The molecule has 1 heterocycles. The minimum absolute atomic E-state index is 0.483. The molecule has 0 aliphatic carbocycles. The van der Waals surface area contributed by atoms with E-state index in [4.69, 9.17) is 23.2 Å². The monoisotopic (exact) mass is 335 g/mol. The zero-order valence-electron chi connectivity index (χ0n) is 9.80. The fourth-order valence-corrected chi connectivity index (χ4v) is 3.63. The van der Waals surface area contributed by atoms with Gasteiger partial charge in [0.25, 0.3) is 0 Å². The summed E-state index contributed by atoms with van der Waals surface area (Å²) in [6, 6.07) is 6.56. The lowest BCUT2D eigenvalue weighted by molar-refractivity contribution is 0.242. The number of alkyl halides is 1. The standard InChI is InChI=1S/C13H16BrCl2N/c1-9-4-5-17(13(9)7-15)8-10-2-3-11(14)6-12(10)16/h2-3,6,9,13H,4-5,7-8H2,1H3. The Morgan fingerprint density at radius 1 is 1.47 bits per heavy atom. The minimum atomic E-state index is 0.483. The van der Waals surface area contributed by atoms with Crippen molar-refractivity contribution in [2.75, 3.05) is 12.4 Å². The van der Waals surface area contributed by atoms with Gasteiger partial charge in [-0.05, 0) is 36.6 Å². The molecule has 17 heavy (non-hydrogen) atoms. The largest absolute Gasteiger partial charge is 0.295 e. The van der Waals surface area contributed by atoms with Crippen LogP contribution < -0.4 is 0 Å². The number of hydrogen-bond acceptors (Lipinski definition) is 1. The Bertz CT molecular complexity index is 397. The van der Waals surface area contributed by atoms with Crippen LogP contribution in [-0.2, 0) is 6.54 Å². The molecular formula is C13H16BrCl2N. The predicted octanol–water partition coefficient (Wildman–Crippen LogP) is 4.55. The van der Waals surface area contributed by atoms with E-state index in [1.54, 1.807) is 0 Å². The number of hydrogen-bond donors (Lipinski definition) is 0. The van der Waals surface area contributed by atoms with Crippen molar-refractivity contribution in [3.8, 4) is 0 Å². The molecular weight excluding hydrogens is 321 g/mol. The van der Waals surface area contributed by atoms with Crippen LogP contribution in [0.1, 0.15) is 18.9 Å². The lowest BCUT2D eigenvalue weighted by Gasteiger charge is -2.25. The molecule has 0 amide bonds. The van der Waals surface area contributed by atoms with Gasteiger partial charge >= 0.3 is 0 Å². The van der Waals surface area contributed by atoms with Crippen LogP contribution in [0, 0.1) is 5.92 Å². The average molecular weight is 337 g/mol. The zero-order chi connectivity index (χ0) is 12.4. The van der Waals surface area contributed by atoms with Gasteiger partial charge in [-0.1, -0.05) is 40.5 Å². The Labute approximate surface area is 121 Å². The van der Waals surface area contributed by atoms with Crippen molar-refractivity contribution in [1.82, 2.24) is 4.90 Å². The highest BCUT2D eigenvalue weighted by Gasteiger charge is 2.30. The van der Waals surface area contributed by atoms with E-state index in [9.17, 15) is 0 Å². The van der Waals surface area contributed by atoms with Crippen LogP contribution in [0.15, 0.2) is 22.7 Å². The number of benzene rings is 1. The van der Waals surface area contributed by atoms with E-state index in [1.165, 1.54) is 12.0 Å². The van der Waals surface area contributed by atoms with Crippen molar-refractivity contribution in [2.45, 2.75) is 25.9 Å². The summed E-state index contributed by atoms with van der Waals surface area (Å²) in [6.07, 6.45) is 1.23. The molecule has 0 spiro atoms. The quantitative estimate of drug-likeness (QED) is 0.732. The average Bonchev–Trinajstić information content (AvgIpc) is 2.63. The fourth-order valence-electron chi connectivity index (χ4n) is 2.40. The van der Waals surface area contributed by atoms with Gasteiger partial charge in [0, 0.05) is 28.0 Å². The summed E-state index contributed by atoms with van der Waals surface area (Å²) >= 11 is 15.7. The van der Waals surface area contributed by atoms with Crippen LogP contribution in [0.5, 0.6) is 0 Å². The molecule has 2 unspecified atom stereocenters. The lowest BCUT2D eigenvalue weighted by atomic mass is 10.0. The summed E-state index contributed by atoms with van der Waals surface area (Å²) in [7, 11) is 0. The molecule has 0 bridgehead atoms. The summed E-state index contributed by atoms with van der Waals surface area (Å²) in [4.78, 5) is 2.44. The van der Waals surface area contributed by atoms with Crippen molar-refractivity contribution in [1.29, 1.82) is 0 Å². The first kappa shape index (κ1) is 13.7. The first-order valence-electron chi connectivity index (χ1n) is 5.85. The summed E-state index contributed by atoms with van der Waals surface area (Å²) in [5.74, 6) is 1.39. The third kappa shape index (κ3) is 3.17. The normalized spacial score (nSPS) is 25.4. The molecule has 2 atom stereocenters. The van der Waals surface area contributed by atoms with Crippen molar-refractivity contribution in [2.24, 2.45) is 5.92 Å². The molecule has 1 saturated heterocycles. The van der Waals surface area contributed by atoms with E-state index >= 15 is 0 Å². The van der Waals surface area contributed by atoms with Crippen LogP contribution in [0.25, 0.3) is 0 Å². The van der Waals surface area contributed by atoms with Crippen molar-refractivity contribution < 1.29 is 0 Å². The van der Waals surface area contributed by atoms with Gasteiger partial charge in [0.2, 0.25) is 0 Å². The van der Waals surface area contributed by atoms with Gasteiger partial charge in [0.1, 0.15) is 0 Å². The van der Waals surface area contributed by atoms with Gasteiger partial charge in [-0.15, -0.1) is 11.6 Å². The van der Waals surface area contributed by atoms with Crippen molar-refractivity contribution in [3.05, 3.63) is 33.3 Å². The van der Waals surface area contributed by atoms with Crippen LogP contribution >= 0.6 is 39.1 Å². The first-order chi connectivity index (χ1) is 8.11. The fraction of sp³-hybridized carbons (Fsp3) is 0.538. The Morgan fingerprint density at radius 2 is 2.24 bits per heavy atom. The van der Waals surface area contributed by atoms with Gasteiger partial charge in [-0.2, -0.15) is 0 Å². The lowest BCUT2D eigenvalue weighted by Crippen LogP contribution is -2.33. The maximum atomic E-state index is 6.25. The summed E-state index contributed by atoms with van der Waals surface area (Å²) in [6.45, 7) is 4.29. The molecule has 1 nitrogen and oxygen atoms in total. The van der Waals surface area contributed by atoms with Crippen LogP contribution in [0.2, 0.25) is 5.02 Å². The van der Waals surface area contributed by atoms with E-state index < -0.39 is 0 Å². The molecule has 1 aromatic carbocycles. The van der Waals surface area contributed by atoms with Gasteiger partial charge in [-0.3, -0.25) is 4.90 Å². The third-order valence-electron chi connectivity index (χ3n) is 3.54. The smallest absolute Gasteiger partial charge is 0.0462 e. The molecule has 94 valence electrons. The minimum Gasteiger partial charge on any atom is -0.295 e. The highest BCUT2D eigenvalue weighted by atomic mass is 79.9. The zero-order valence-corrected chi connectivity index (χ0v) is 12.9. The number of halogens is 3. The second-order valence-electron chi connectivity index (χ2n) is 4.69. The Balaban J connectivity index is 2.10. The van der Waals surface area contributed by atoms with Gasteiger partial charge in [0.05, 0.1) is 0 Å². The number of likely N-dealkylation sites (tertiary alicyclic amines) is 1. The first-order valence-corrected chi connectivity index (χ1v) is 7.56. The molecule has 1 aliphatic heterocycles. The van der Waals surface area contributed by atoms with Gasteiger partial charge in [0.15, 0.2) is 0 Å². The van der Waals surface area contributed by atoms with E-state index in [1.807, 2.05) is 12.1 Å². The van der Waals surface area contributed by atoms with E-state index in [2.05, 4.69) is 33.8 Å². The molecule has 2 rings (SSSR count). The molecule has 0 radical (unpaired) electrons. The number of nitrogens with zero attached hydrogens (tertiary/aromatic N) is 1. The third-order valence-corrected chi connectivity index (χ3v) is 4.71. The van der Waals surface area contributed by atoms with Crippen LogP contribution in [0.4, 0.5) is 0 Å².